The lowest BCUT2D eigenvalue weighted by Crippen LogP contribution is -2.33. The minimum atomic E-state index is -0.884. The molecule has 7 N–H and O–H groups in total. The molecule has 11 heteroatoms. The lowest BCUT2D eigenvalue weighted by Gasteiger charge is -2.16. The number of rotatable bonds is 10. The second-order valence-electron chi connectivity index (χ2n) is 6.49. The molecule has 0 aromatic heterocycles. The van der Waals surface area contributed by atoms with Crippen LogP contribution in [0.25, 0.3) is 0 Å². The number of nitrogens with two attached hydrogens (primary N) is 2. The van der Waals surface area contributed by atoms with Gasteiger partial charge in [0, 0.05) is 24.2 Å². The van der Waals surface area contributed by atoms with Crippen LogP contribution in [0.4, 0.5) is 0 Å². The van der Waals surface area contributed by atoms with E-state index in [1.54, 1.807) is 50.6 Å². The van der Waals surface area contributed by atoms with Gasteiger partial charge in [-0.1, -0.05) is 0 Å². The Hall–Kier alpha value is -2.76. The van der Waals surface area contributed by atoms with Gasteiger partial charge < -0.3 is 45.9 Å². The van der Waals surface area contributed by atoms with Crippen molar-refractivity contribution in [2.45, 2.75) is 12.2 Å². The van der Waals surface area contributed by atoms with Gasteiger partial charge in [-0.05, 0) is 36.4 Å². The molecule has 2 aromatic carbocycles. The van der Waals surface area contributed by atoms with Crippen molar-refractivity contribution in [1.82, 2.24) is 5.32 Å². The molecule has 1 amide bonds. The maximum Gasteiger partial charge on any atom is 0.233 e. The fourth-order valence-corrected chi connectivity index (χ4v) is 2.72. The number of ether oxygens (including phenoxy) is 4. The summed E-state index contributed by atoms with van der Waals surface area (Å²) in [5, 5.41) is 22.1. The number of benzene rings is 2. The van der Waals surface area contributed by atoms with Crippen LogP contribution in [0.15, 0.2) is 36.4 Å². The summed E-state index contributed by atoms with van der Waals surface area (Å²) in [6.07, 6.45) is -1.61. The van der Waals surface area contributed by atoms with Crippen LogP contribution < -0.4 is 35.7 Å². The molecule has 2 rings (SSSR count). The number of aliphatic hydroxyl groups excluding tert-OH is 2. The summed E-state index contributed by atoms with van der Waals surface area (Å²) in [5.74, 6) is 2.10. The van der Waals surface area contributed by atoms with E-state index in [-0.39, 0.29) is 37.9 Å². The zero-order chi connectivity index (χ0) is 24.1. The Morgan fingerprint density at radius 2 is 1.30 bits per heavy atom. The van der Waals surface area contributed by atoms with E-state index in [1.165, 1.54) is 14.2 Å². The van der Waals surface area contributed by atoms with Crippen LogP contribution in [-0.4, -0.2) is 64.2 Å². The highest BCUT2D eigenvalue weighted by atomic mass is 35.5. The van der Waals surface area contributed by atoms with Gasteiger partial charge in [-0.3, -0.25) is 4.79 Å². The molecular weight excluding hydrogens is 454 g/mol. The van der Waals surface area contributed by atoms with E-state index in [1.807, 2.05) is 0 Å². The summed E-state index contributed by atoms with van der Waals surface area (Å²) in [7, 11) is 6.17. The van der Waals surface area contributed by atoms with Gasteiger partial charge in [-0.2, -0.15) is 0 Å². The zero-order valence-electron chi connectivity index (χ0n) is 19.2. The Morgan fingerprint density at radius 3 is 1.67 bits per heavy atom. The highest BCUT2D eigenvalue weighted by molar-refractivity contribution is 5.85. The first-order valence-electron chi connectivity index (χ1n) is 9.81. The minimum absolute atomic E-state index is 0. The number of nitrogens with one attached hydrogen (secondary N) is 1. The summed E-state index contributed by atoms with van der Waals surface area (Å²) < 4.78 is 20.4. The van der Waals surface area contributed by atoms with Gasteiger partial charge >= 0.3 is 0 Å². The van der Waals surface area contributed by atoms with E-state index in [9.17, 15) is 15.0 Å². The lowest BCUT2D eigenvalue weighted by atomic mass is 10.1. The summed E-state index contributed by atoms with van der Waals surface area (Å²) in [4.78, 5) is 11.0. The molecule has 0 fully saturated rings. The van der Waals surface area contributed by atoms with E-state index >= 15 is 0 Å². The quantitative estimate of drug-likeness (QED) is 0.328. The highest BCUT2D eigenvalue weighted by Gasteiger charge is 2.15. The van der Waals surface area contributed by atoms with E-state index in [0.29, 0.717) is 34.1 Å². The third-order valence-electron chi connectivity index (χ3n) is 4.49. The molecule has 0 bridgehead atoms. The molecule has 0 aliphatic carbocycles. The molecule has 0 aliphatic heterocycles. The van der Waals surface area contributed by atoms with E-state index in [2.05, 4.69) is 5.32 Å². The van der Waals surface area contributed by atoms with Crippen LogP contribution in [0.2, 0.25) is 0 Å². The number of carbonyl (C=O) groups is 1. The van der Waals surface area contributed by atoms with Gasteiger partial charge in [0.25, 0.3) is 0 Å². The molecule has 0 saturated heterocycles. The van der Waals surface area contributed by atoms with Crippen molar-refractivity contribution in [2.24, 2.45) is 11.5 Å². The molecule has 2 atom stereocenters. The lowest BCUT2D eigenvalue weighted by molar-refractivity contribution is -0.120. The first kappa shape index (κ1) is 30.2. The molecule has 2 unspecified atom stereocenters. The molecule has 0 heterocycles. The van der Waals surface area contributed by atoms with Gasteiger partial charge in [0.15, 0.2) is 0 Å². The Morgan fingerprint density at radius 1 is 0.848 bits per heavy atom. The van der Waals surface area contributed by atoms with Crippen molar-refractivity contribution in [1.29, 1.82) is 0 Å². The minimum Gasteiger partial charge on any atom is -0.497 e. The van der Waals surface area contributed by atoms with Gasteiger partial charge in [0.1, 0.15) is 23.0 Å². The third-order valence-corrected chi connectivity index (χ3v) is 4.49. The van der Waals surface area contributed by atoms with Gasteiger partial charge in [0.05, 0.1) is 47.2 Å². The van der Waals surface area contributed by atoms with Crippen LogP contribution in [0, 0.1) is 0 Å². The van der Waals surface area contributed by atoms with Crippen LogP contribution >= 0.6 is 12.4 Å². The predicted molar refractivity (Wildman–Crippen MR) is 127 cm³/mol. The Kier molecular flexibility index (Phi) is 14.6. The second-order valence-corrected chi connectivity index (χ2v) is 6.49. The summed E-state index contributed by atoms with van der Waals surface area (Å²) in [6.45, 7) is 0.116. The maximum absolute atomic E-state index is 11.0. The monoisotopic (exact) mass is 487 g/mol. The molecule has 2 aromatic rings. The van der Waals surface area contributed by atoms with E-state index in [4.69, 9.17) is 30.4 Å². The number of halogens is 1. The van der Waals surface area contributed by atoms with Crippen molar-refractivity contribution >= 4 is 18.3 Å². The smallest absolute Gasteiger partial charge is 0.233 e. The number of amides is 1. The Labute approximate surface area is 200 Å². The molecule has 186 valence electrons. The molecule has 0 radical (unpaired) electrons. The Balaban J connectivity index is 0.000000620. The van der Waals surface area contributed by atoms with Crippen LogP contribution in [0.3, 0.4) is 0 Å². The average Bonchev–Trinajstić information content (AvgIpc) is 2.85. The van der Waals surface area contributed by atoms with Gasteiger partial charge in [0.2, 0.25) is 5.91 Å². The van der Waals surface area contributed by atoms with Crippen molar-refractivity contribution in [3.63, 3.8) is 0 Å². The van der Waals surface area contributed by atoms with Crippen LogP contribution in [0.5, 0.6) is 23.0 Å². The number of aliphatic hydroxyl groups is 2. The second kappa shape index (κ2) is 15.9. The highest BCUT2D eigenvalue weighted by Crippen LogP contribution is 2.29. The van der Waals surface area contributed by atoms with Crippen molar-refractivity contribution in [2.75, 3.05) is 48.1 Å². The topological polar surface area (TPSA) is 159 Å². The van der Waals surface area contributed by atoms with Crippen LogP contribution in [-0.2, 0) is 4.79 Å². The first-order chi connectivity index (χ1) is 15.3. The molecule has 0 saturated carbocycles. The average molecular weight is 488 g/mol. The standard InChI is InChI=1S/C12H18N2O4.C10H15NO3.ClH/c1-17-8-3-4-11(18-2)9(5-8)10(15)7-14-12(16)6-13;1-13-7-3-4-10(14-2)8(5-7)9(12)6-11;/h3-5,10,15H,6-7,13H2,1-2H3,(H,14,16);3-5,9,12H,6,11H2,1-2H3;1H. The molecular formula is C22H34ClN3O7. The van der Waals surface area contributed by atoms with Crippen molar-refractivity contribution < 1.29 is 34.0 Å². The normalized spacial score (nSPS) is 11.6. The van der Waals surface area contributed by atoms with Crippen molar-refractivity contribution in [3.8, 4) is 23.0 Å². The van der Waals surface area contributed by atoms with Crippen molar-refractivity contribution in [3.05, 3.63) is 47.5 Å². The SMILES string of the molecule is COc1ccc(OC)c(C(O)CN)c1.COc1ccc(OC)c(C(O)CNC(=O)CN)c1.Cl. The number of carbonyl (C=O) groups excluding carboxylic acids is 1. The van der Waals surface area contributed by atoms with Crippen LogP contribution in [0.1, 0.15) is 23.3 Å². The third kappa shape index (κ3) is 9.32. The fourth-order valence-electron chi connectivity index (χ4n) is 2.72. The zero-order valence-corrected chi connectivity index (χ0v) is 20.1. The summed E-state index contributed by atoms with van der Waals surface area (Å²) >= 11 is 0. The first-order valence-corrected chi connectivity index (χ1v) is 9.81. The number of hydrogen-bond acceptors (Lipinski definition) is 9. The maximum atomic E-state index is 11.0. The molecule has 0 aliphatic rings. The fraction of sp³-hybridized carbons (Fsp3) is 0.409. The Bertz CT molecular complexity index is 855. The van der Waals surface area contributed by atoms with Gasteiger partial charge in [-0.25, -0.2) is 0 Å². The van der Waals surface area contributed by atoms with Gasteiger partial charge in [-0.15, -0.1) is 12.4 Å². The molecule has 0 spiro atoms. The molecule has 33 heavy (non-hydrogen) atoms. The predicted octanol–water partition coefficient (Wildman–Crippen LogP) is 0.930. The largest absolute Gasteiger partial charge is 0.497 e. The summed E-state index contributed by atoms with van der Waals surface area (Å²) in [5.41, 5.74) is 11.7. The van der Waals surface area contributed by atoms with E-state index in [0.717, 1.165) is 0 Å². The summed E-state index contributed by atoms with van der Waals surface area (Å²) in [6, 6.07) is 10.3. The molecule has 10 nitrogen and oxygen atoms in total. The van der Waals surface area contributed by atoms with E-state index < -0.39 is 12.2 Å². The number of methoxy groups -OCH3 is 4. The number of hydrogen-bond donors (Lipinski definition) is 5.